The molecule has 0 spiro atoms. The summed E-state index contributed by atoms with van der Waals surface area (Å²) in [5.41, 5.74) is 0. The smallest absolute Gasteiger partial charge is 0.307 e. The van der Waals surface area contributed by atoms with Crippen molar-refractivity contribution in [2.24, 2.45) is 0 Å². The molecule has 1 rings (SSSR count). The van der Waals surface area contributed by atoms with E-state index in [1.165, 1.54) is 0 Å². The number of aryl methyl sites for hydroxylation is 1. The lowest BCUT2D eigenvalue weighted by Crippen LogP contribution is -2.24. The van der Waals surface area contributed by atoms with Gasteiger partial charge in [0.1, 0.15) is 0 Å². The molecule has 1 aromatic heterocycles. The van der Waals surface area contributed by atoms with Gasteiger partial charge in [-0.25, -0.2) is 4.98 Å². The minimum absolute atomic E-state index is 0.163. The number of hydrogen-bond acceptors (Lipinski definition) is 4. The van der Waals surface area contributed by atoms with Gasteiger partial charge in [0.2, 0.25) is 5.95 Å². The Balaban J connectivity index is 2.46. The first-order chi connectivity index (χ1) is 7.69. The summed E-state index contributed by atoms with van der Waals surface area (Å²) in [5, 5.41) is 0. The molecule has 0 atom stereocenters. The molecule has 0 aromatic carbocycles. The van der Waals surface area contributed by atoms with Gasteiger partial charge in [-0.15, -0.1) is 0 Å². The third kappa shape index (κ3) is 3.25. The van der Waals surface area contributed by atoms with Crippen molar-refractivity contribution in [3.63, 3.8) is 0 Å². The second-order valence-electron chi connectivity index (χ2n) is 3.49. The van der Waals surface area contributed by atoms with Gasteiger partial charge in [0.25, 0.3) is 0 Å². The van der Waals surface area contributed by atoms with Gasteiger partial charge in [0.05, 0.1) is 13.0 Å². The average Bonchev–Trinajstić information content (AvgIpc) is 2.74. The van der Waals surface area contributed by atoms with Gasteiger partial charge >= 0.3 is 5.97 Å². The Morgan fingerprint density at radius 2 is 2.31 bits per heavy atom. The fraction of sp³-hybridized carbons (Fsp3) is 0.636. The summed E-state index contributed by atoms with van der Waals surface area (Å²) in [5.74, 6) is 0.718. The van der Waals surface area contributed by atoms with Crippen LogP contribution in [0.25, 0.3) is 0 Å². The first kappa shape index (κ1) is 12.5. The van der Waals surface area contributed by atoms with Crippen molar-refractivity contribution in [1.82, 2.24) is 9.55 Å². The van der Waals surface area contributed by atoms with Crippen LogP contribution in [0, 0.1) is 0 Å². The maximum atomic E-state index is 11.2. The van der Waals surface area contributed by atoms with Gasteiger partial charge in [0, 0.05) is 32.5 Å². The second-order valence-corrected chi connectivity index (χ2v) is 3.49. The number of esters is 1. The van der Waals surface area contributed by atoms with Crippen molar-refractivity contribution in [3.05, 3.63) is 12.4 Å². The number of aromatic nitrogens is 2. The van der Waals surface area contributed by atoms with E-state index >= 15 is 0 Å². The van der Waals surface area contributed by atoms with E-state index in [9.17, 15) is 4.79 Å². The molecule has 0 N–H and O–H groups in total. The highest BCUT2D eigenvalue weighted by Crippen LogP contribution is 2.09. The summed E-state index contributed by atoms with van der Waals surface area (Å²) < 4.78 is 6.91. The Labute approximate surface area is 96.0 Å². The molecule has 0 saturated carbocycles. The zero-order valence-electron chi connectivity index (χ0n) is 10.1. The van der Waals surface area contributed by atoms with Crippen LogP contribution in [0.2, 0.25) is 0 Å². The molecule has 0 fully saturated rings. The third-order valence-electron chi connectivity index (χ3n) is 2.33. The molecule has 1 heterocycles. The average molecular weight is 225 g/mol. The van der Waals surface area contributed by atoms with E-state index in [1.807, 2.05) is 29.6 Å². The van der Waals surface area contributed by atoms with Crippen molar-refractivity contribution >= 4 is 11.9 Å². The Bertz CT molecular complexity index is 336. The molecule has 5 nitrogen and oxygen atoms in total. The van der Waals surface area contributed by atoms with Crippen LogP contribution in [0.4, 0.5) is 5.95 Å². The number of carbonyl (C=O) groups is 1. The second kappa shape index (κ2) is 6.15. The van der Waals surface area contributed by atoms with Crippen LogP contribution in [-0.4, -0.2) is 35.7 Å². The Hall–Kier alpha value is -1.52. The van der Waals surface area contributed by atoms with Crippen molar-refractivity contribution in [1.29, 1.82) is 0 Å². The predicted molar refractivity (Wildman–Crippen MR) is 62.4 cm³/mol. The van der Waals surface area contributed by atoms with E-state index in [4.69, 9.17) is 4.74 Å². The lowest BCUT2D eigenvalue weighted by molar-refractivity contribution is -0.142. The minimum Gasteiger partial charge on any atom is -0.466 e. The van der Waals surface area contributed by atoms with E-state index in [-0.39, 0.29) is 5.97 Å². The molecular weight excluding hydrogens is 206 g/mol. The number of rotatable bonds is 6. The van der Waals surface area contributed by atoms with Crippen molar-refractivity contribution in [2.45, 2.75) is 26.8 Å². The number of imidazole rings is 1. The zero-order valence-corrected chi connectivity index (χ0v) is 10.1. The fourth-order valence-electron chi connectivity index (χ4n) is 1.48. The summed E-state index contributed by atoms with van der Waals surface area (Å²) >= 11 is 0. The third-order valence-corrected chi connectivity index (χ3v) is 2.33. The highest BCUT2D eigenvalue weighted by atomic mass is 16.5. The van der Waals surface area contributed by atoms with Crippen LogP contribution >= 0.6 is 0 Å². The molecule has 0 aliphatic carbocycles. The van der Waals surface area contributed by atoms with Gasteiger partial charge in [-0.05, 0) is 13.8 Å². The topological polar surface area (TPSA) is 47.4 Å². The van der Waals surface area contributed by atoms with E-state index < -0.39 is 0 Å². The molecule has 0 radical (unpaired) electrons. The molecule has 0 unspecified atom stereocenters. The molecule has 5 heteroatoms. The lowest BCUT2D eigenvalue weighted by Gasteiger charge is -2.18. The normalized spacial score (nSPS) is 10.2. The van der Waals surface area contributed by atoms with Crippen LogP contribution in [0.15, 0.2) is 12.4 Å². The number of nitrogens with zero attached hydrogens (tertiary/aromatic N) is 3. The van der Waals surface area contributed by atoms with E-state index in [2.05, 4.69) is 11.9 Å². The highest BCUT2D eigenvalue weighted by molar-refractivity contribution is 5.70. The minimum atomic E-state index is -0.163. The number of ether oxygens (including phenoxy) is 1. The van der Waals surface area contributed by atoms with Gasteiger partial charge in [-0.1, -0.05) is 0 Å². The summed E-state index contributed by atoms with van der Waals surface area (Å²) in [7, 11) is 1.92. The standard InChI is InChI=1S/C11H19N3O2/c1-4-14-9-7-12-11(14)13(3)8-6-10(15)16-5-2/h7,9H,4-6,8H2,1-3H3. The van der Waals surface area contributed by atoms with E-state index in [0.717, 1.165) is 12.5 Å². The summed E-state index contributed by atoms with van der Waals surface area (Å²) in [6.45, 7) is 5.80. The van der Waals surface area contributed by atoms with Gasteiger partial charge in [0.15, 0.2) is 0 Å². The van der Waals surface area contributed by atoms with E-state index in [0.29, 0.717) is 19.6 Å². The number of anilines is 1. The summed E-state index contributed by atoms with van der Waals surface area (Å²) in [6.07, 6.45) is 4.08. The number of carbonyl (C=O) groups excluding carboxylic acids is 1. The Morgan fingerprint density at radius 1 is 1.56 bits per heavy atom. The summed E-state index contributed by atoms with van der Waals surface area (Å²) in [4.78, 5) is 17.4. The van der Waals surface area contributed by atoms with Crippen LogP contribution in [0.3, 0.4) is 0 Å². The molecule has 0 amide bonds. The maximum Gasteiger partial charge on any atom is 0.307 e. The zero-order chi connectivity index (χ0) is 12.0. The first-order valence-corrected chi connectivity index (χ1v) is 5.56. The monoisotopic (exact) mass is 225 g/mol. The predicted octanol–water partition coefficient (Wildman–Crippen LogP) is 1.29. The van der Waals surface area contributed by atoms with Crippen LogP contribution in [0.1, 0.15) is 20.3 Å². The molecule has 90 valence electrons. The molecular formula is C11H19N3O2. The number of hydrogen-bond donors (Lipinski definition) is 0. The molecule has 0 aliphatic rings. The molecule has 1 aromatic rings. The highest BCUT2D eigenvalue weighted by Gasteiger charge is 2.09. The SMILES string of the molecule is CCOC(=O)CCN(C)c1nccn1CC. The molecule has 0 saturated heterocycles. The quantitative estimate of drug-likeness (QED) is 0.684. The Kier molecular flexibility index (Phi) is 4.82. The van der Waals surface area contributed by atoms with Crippen molar-refractivity contribution in [3.8, 4) is 0 Å². The molecule has 16 heavy (non-hydrogen) atoms. The van der Waals surface area contributed by atoms with Crippen LogP contribution in [-0.2, 0) is 16.1 Å². The largest absolute Gasteiger partial charge is 0.466 e. The molecule has 0 bridgehead atoms. The molecule has 0 aliphatic heterocycles. The van der Waals surface area contributed by atoms with Gasteiger partial charge in [-0.2, -0.15) is 0 Å². The van der Waals surface area contributed by atoms with Crippen LogP contribution < -0.4 is 4.90 Å². The summed E-state index contributed by atoms with van der Waals surface area (Å²) in [6, 6.07) is 0. The van der Waals surface area contributed by atoms with Crippen molar-refractivity contribution in [2.75, 3.05) is 25.1 Å². The van der Waals surface area contributed by atoms with Crippen molar-refractivity contribution < 1.29 is 9.53 Å². The van der Waals surface area contributed by atoms with Gasteiger partial charge < -0.3 is 14.2 Å². The lowest BCUT2D eigenvalue weighted by atomic mass is 10.4. The van der Waals surface area contributed by atoms with Gasteiger partial charge in [-0.3, -0.25) is 4.79 Å². The first-order valence-electron chi connectivity index (χ1n) is 5.56. The Morgan fingerprint density at radius 3 is 2.94 bits per heavy atom. The van der Waals surface area contributed by atoms with Crippen LogP contribution in [0.5, 0.6) is 0 Å². The maximum absolute atomic E-state index is 11.2. The van der Waals surface area contributed by atoms with E-state index in [1.54, 1.807) is 6.20 Å². The fourth-order valence-corrected chi connectivity index (χ4v) is 1.48.